The van der Waals surface area contributed by atoms with Gasteiger partial charge in [-0.05, 0) is 25.0 Å². The van der Waals surface area contributed by atoms with E-state index in [0.717, 1.165) is 24.7 Å². The number of hydrogen-bond donors (Lipinski definition) is 0. The van der Waals surface area contributed by atoms with Gasteiger partial charge in [-0.25, -0.2) is 4.98 Å². The summed E-state index contributed by atoms with van der Waals surface area (Å²) in [6.45, 7) is 0. The zero-order chi connectivity index (χ0) is 11.8. The number of benzene rings is 1. The molecular weight excluding hydrogens is 238 g/mol. The predicted molar refractivity (Wildman–Crippen MR) is 64.3 cm³/mol. The maximum absolute atomic E-state index is 10.9. The molecule has 0 N–H and O–H groups in total. The van der Waals surface area contributed by atoms with Crippen molar-refractivity contribution in [3.63, 3.8) is 0 Å². The first-order valence-electron chi connectivity index (χ1n) is 5.50. The summed E-state index contributed by atoms with van der Waals surface area (Å²) in [6, 6.07) is 7.32. The minimum atomic E-state index is 0.360. The Hall–Kier alpha value is -1.61. The highest BCUT2D eigenvalue weighted by molar-refractivity contribution is 6.33. The summed E-state index contributed by atoms with van der Waals surface area (Å²) in [4.78, 5) is 15.1. The number of aldehydes is 1. The van der Waals surface area contributed by atoms with Crippen LogP contribution >= 0.6 is 11.6 Å². The molecule has 2 aromatic rings. The minimum Gasteiger partial charge on any atom is -0.440 e. The fraction of sp³-hybridized carbons (Fsp3) is 0.231. The van der Waals surface area contributed by atoms with Crippen molar-refractivity contribution in [2.45, 2.75) is 18.8 Å². The third-order valence-corrected chi connectivity index (χ3v) is 3.17. The molecule has 0 radical (unpaired) electrons. The molecule has 0 spiro atoms. The molecule has 4 heteroatoms. The quantitative estimate of drug-likeness (QED) is 0.777. The van der Waals surface area contributed by atoms with E-state index in [-0.39, 0.29) is 0 Å². The molecule has 86 valence electrons. The van der Waals surface area contributed by atoms with Crippen molar-refractivity contribution in [3.8, 4) is 11.5 Å². The fourth-order valence-corrected chi connectivity index (χ4v) is 2.03. The highest BCUT2D eigenvalue weighted by Gasteiger charge is 2.31. The number of aromatic nitrogens is 1. The first-order chi connectivity index (χ1) is 8.29. The lowest BCUT2D eigenvalue weighted by atomic mass is 10.2. The van der Waals surface area contributed by atoms with E-state index in [4.69, 9.17) is 16.0 Å². The molecule has 1 fully saturated rings. The zero-order valence-electron chi connectivity index (χ0n) is 9.02. The third-order valence-electron chi connectivity index (χ3n) is 2.85. The number of oxazole rings is 1. The smallest absolute Gasteiger partial charge is 0.228 e. The summed E-state index contributed by atoms with van der Waals surface area (Å²) in [5, 5.41) is 0.577. The van der Waals surface area contributed by atoms with Crippen LogP contribution in [0.3, 0.4) is 0 Å². The molecule has 1 heterocycles. The van der Waals surface area contributed by atoms with Gasteiger partial charge in [0, 0.05) is 5.92 Å². The monoisotopic (exact) mass is 247 g/mol. The first-order valence-corrected chi connectivity index (χ1v) is 5.88. The molecule has 3 nitrogen and oxygen atoms in total. The number of hydrogen-bond acceptors (Lipinski definition) is 3. The van der Waals surface area contributed by atoms with Crippen LogP contribution in [0, 0.1) is 0 Å². The van der Waals surface area contributed by atoms with E-state index in [1.54, 1.807) is 6.07 Å². The molecule has 0 aliphatic heterocycles. The first kappa shape index (κ1) is 10.5. The molecule has 1 saturated carbocycles. The van der Waals surface area contributed by atoms with Crippen molar-refractivity contribution in [3.05, 3.63) is 40.7 Å². The maximum Gasteiger partial charge on any atom is 0.228 e. The number of rotatable bonds is 3. The Morgan fingerprint density at radius 2 is 2.12 bits per heavy atom. The Bertz CT molecular complexity index is 573. The zero-order valence-corrected chi connectivity index (χ0v) is 9.78. The van der Waals surface area contributed by atoms with E-state index in [1.165, 1.54) is 0 Å². The van der Waals surface area contributed by atoms with Gasteiger partial charge in [-0.15, -0.1) is 0 Å². The molecule has 1 aromatic carbocycles. The Morgan fingerprint density at radius 1 is 1.35 bits per heavy atom. The van der Waals surface area contributed by atoms with E-state index >= 15 is 0 Å². The number of carbonyl (C=O) groups excluding carboxylic acids is 1. The van der Waals surface area contributed by atoms with Crippen molar-refractivity contribution >= 4 is 17.9 Å². The SMILES string of the molecule is O=Cc1nc(-c2ccccc2Cl)oc1C1CC1. The van der Waals surface area contributed by atoms with E-state index in [1.807, 2.05) is 18.2 Å². The topological polar surface area (TPSA) is 43.1 Å². The van der Waals surface area contributed by atoms with Gasteiger partial charge < -0.3 is 4.42 Å². The molecule has 0 atom stereocenters. The second kappa shape index (κ2) is 4.00. The van der Waals surface area contributed by atoms with Gasteiger partial charge in [0.1, 0.15) is 11.5 Å². The molecule has 0 amide bonds. The van der Waals surface area contributed by atoms with Gasteiger partial charge in [0.2, 0.25) is 5.89 Å². The van der Waals surface area contributed by atoms with E-state index < -0.39 is 0 Å². The highest BCUT2D eigenvalue weighted by atomic mass is 35.5. The van der Waals surface area contributed by atoms with Crippen LogP contribution in [0.4, 0.5) is 0 Å². The summed E-state index contributed by atoms with van der Waals surface area (Å²) in [5.41, 5.74) is 1.13. The molecule has 0 bridgehead atoms. The Kier molecular flexibility index (Phi) is 2.48. The Morgan fingerprint density at radius 3 is 2.76 bits per heavy atom. The molecule has 0 saturated heterocycles. The van der Waals surface area contributed by atoms with Crippen LogP contribution in [0.1, 0.15) is 35.0 Å². The van der Waals surface area contributed by atoms with E-state index in [0.29, 0.717) is 28.3 Å². The number of nitrogens with zero attached hydrogens (tertiary/aromatic N) is 1. The summed E-state index contributed by atoms with van der Waals surface area (Å²) >= 11 is 6.07. The summed E-state index contributed by atoms with van der Waals surface area (Å²) in [5.74, 6) is 1.49. The van der Waals surface area contributed by atoms with Gasteiger partial charge in [-0.2, -0.15) is 0 Å². The van der Waals surface area contributed by atoms with Gasteiger partial charge in [0.05, 0.1) is 10.6 Å². The van der Waals surface area contributed by atoms with Gasteiger partial charge in [-0.1, -0.05) is 23.7 Å². The second-order valence-corrected chi connectivity index (χ2v) is 4.55. The van der Waals surface area contributed by atoms with Crippen molar-refractivity contribution in [2.75, 3.05) is 0 Å². The molecule has 1 aliphatic carbocycles. The average molecular weight is 248 g/mol. The van der Waals surface area contributed by atoms with Crippen molar-refractivity contribution < 1.29 is 9.21 Å². The van der Waals surface area contributed by atoms with Crippen LogP contribution in [0.25, 0.3) is 11.5 Å². The second-order valence-electron chi connectivity index (χ2n) is 4.14. The van der Waals surface area contributed by atoms with Gasteiger partial charge in [0.25, 0.3) is 0 Å². The van der Waals surface area contributed by atoms with Crippen molar-refractivity contribution in [1.82, 2.24) is 4.98 Å². The van der Waals surface area contributed by atoms with Crippen molar-refractivity contribution in [1.29, 1.82) is 0 Å². The molecular formula is C13H10ClNO2. The van der Waals surface area contributed by atoms with Gasteiger partial charge in [-0.3, -0.25) is 4.79 Å². The van der Waals surface area contributed by atoms with E-state index in [2.05, 4.69) is 4.98 Å². The van der Waals surface area contributed by atoms with Crippen LogP contribution in [-0.4, -0.2) is 11.3 Å². The number of carbonyl (C=O) groups is 1. The van der Waals surface area contributed by atoms with Crippen LogP contribution in [0.2, 0.25) is 5.02 Å². The average Bonchev–Trinajstić information content (AvgIpc) is 3.10. The number of halogens is 1. The van der Waals surface area contributed by atoms with Gasteiger partial charge in [0.15, 0.2) is 6.29 Å². The normalized spacial score (nSPS) is 14.9. The lowest BCUT2D eigenvalue weighted by Crippen LogP contribution is -1.85. The largest absolute Gasteiger partial charge is 0.440 e. The standard InChI is InChI=1S/C13H10ClNO2/c14-10-4-2-1-3-9(10)13-15-11(7-16)12(17-13)8-5-6-8/h1-4,7-8H,5-6H2. The fourth-order valence-electron chi connectivity index (χ4n) is 1.82. The molecule has 0 unspecified atom stereocenters. The maximum atomic E-state index is 10.9. The molecule has 1 aliphatic rings. The Balaban J connectivity index is 2.09. The molecule has 1 aromatic heterocycles. The van der Waals surface area contributed by atoms with Crippen LogP contribution in [0.5, 0.6) is 0 Å². The third kappa shape index (κ3) is 1.87. The summed E-state index contributed by atoms with van der Waals surface area (Å²) in [7, 11) is 0. The van der Waals surface area contributed by atoms with Crippen LogP contribution in [-0.2, 0) is 0 Å². The molecule has 17 heavy (non-hydrogen) atoms. The van der Waals surface area contributed by atoms with Crippen LogP contribution in [0.15, 0.2) is 28.7 Å². The summed E-state index contributed by atoms with van der Waals surface area (Å²) < 4.78 is 5.67. The van der Waals surface area contributed by atoms with E-state index in [9.17, 15) is 4.79 Å². The van der Waals surface area contributed by atoms with Crippen LogP contribution < -0.4 is 0 Å². The highest BCUT2D eigenvalue weighted by Crippen LogP contribution is 2.43. The lowest BCUT2D eigenvalue weighted by Gasteiger charge is -1.97. The minimum absolute atomic E-state index is 0.360. The van der Waals surface area contributed by atoms with Crippen molar-refractivity contribution in [2.24, 2.45) is 0 Å². The molecule has 3 rings (SSSR count). The summed E-state index contributed by atoms with van der Waals surface area (Å²) in [6.07, 6.45) is 2.88. The van der Waals surface area contributed by atoms with Gasteiger partial charge >= 0.3 is 0 Å². The Labute approximate surface area is 103 Å². The lowest BCUT2D eigenvalue weighted by molar-refractivity contribution is 0.111. The predicted octanol–water partition coefficient (Wildman–Crippen LogP) is 3.68.